The van der Waals surface area contributed by atoms with E-state index in [9.17, 15) is 13.2 Å². The Kier molecular flexibility index (Phi) is 4.62. The second-order valence-corrected chi connectivity index (χ2v) is 6.42. The van der Waals surface area contributed by atoms with Crippen LogP contribution < -0.4 is 0 Å². The van der Waals surface area contributed by atoms with Crippen LogP contribution >= 0.6 is 26.6 Å². The number of amides is 1. The Bertz CT molecular complexity index is 521. The summed E-state index contributed by atoms with van der Waals surface area (Å²) in [7, 11) is 1.26. The Morgan fingerprint density at radius 3 is 2.35 bits per heavy atom. The number of nitrogens with zero attached hydrogens (tertiary/aromatic N) is 1. The molecule has 0 bridgehead atoms. The Morgan fingerprint density at radius 1 is 1.47 bits per heavy atom. The third-order valence-electron chi connectivity index (χ3n) is 2.18. The number of rotatable bonds is 4. The van der Waals surface area contributed by atoms with E-state index in [0.29, 0.717) is 13.1 Å². The van der Waals surface area contributed by atoms with Crippen LogP contribution in [0, 0.1) is 0 Å². The van der Waals surface area contributed by atoms with Crippen molar-refractivity contribution in [1.82, 2.24) is 4.90 Å². The van der Waals surface area contributed by atoms with Gasteiger partial charge in [0.1, 0.15) is 4.90 Å². The summed E-state index contributed by atoms with van der Waals surface area (Å²) in [5.74, 6) is -0.429. The van der Waals surface area contributed by atoms with Gasteiger partial charge in [-0.2, -0.15) is 0 Å². The largest absolute Gasteiger partial charge is 0.443 e. The lowest BCUT2D eigenvalue weighted by Gasteiger charge is -2.16. The van der Waals surface area contributed by atoms with Gasteiger partial charge in [-0.15, -0.1) is 0 Å². The highest BCUT2D eigenvalue weighted by Gasteiger charge is 2.25. The Balaban J connectivity index is 3.14. The number of halogens is 2. The van der Waals surface area contributed by atoms with Gasteiger partial charge in [-0.1, -0.05) is 0 Å². The molecule has 1 aromatic rings. The lowest BCUT2D eigenvalue weighted by atomic mass is 10.3. The topological polar surface area (TPSA) is 67.6 Å². The van der Waals surface area contributed by atoms with Crippen LogP contribution in [0.2, 0.25) is 0 Å². The minimum absolute atomic E-state index is 0.0557. The molecule has 0 unspecified atom stereocenters. The van der Waals surface area contributed by atoms with Gasteiger partial charge >= 0.3 is 0 Å². The van der Waals surface area contributed by atoms with Gasteiger partial charge in [0.2, 0.25) is 0 Å². The fraction of sp³-hybridized carbons (Fsp3) is 0.444. The van der Waals surface area contributed by atoms with Gasteiger partial charge in [0.25, 0.3) is 15.0 Å². The fourth-order valence-electron chi connectivity index (χ4n) is 1.29. The van der Waals surface area contributed by atoms with Crippen LogP contribution in [0.25, 0.3) is 0 Å². The molecule has 8 heteroatoms. The molecule has 0 saturated carbocycles. The van der Waals surface area contributed by atoms with Crippen molar-refractivity contribution in [2.24, 2.45) is 0 Å². The molecule has 17 heavy (non-hydrogen) atoms. The molecule has 0 N–H and O–H groups in total. The van der Waals surface area contributed by atoms with Crippen molar-refractivity contribution >= 4 is 41.6 Å². The zero-order valence-corrected chi connectivity index (χ0v) is 12.4. The summed E-state index contributed by atoms with van der Waals surface area (Å²) in [6.07, 6.45) is 0. The van der Waals surface area contributed by atoms with Gasteiger partial charge < -0.3 is 9.32 Å². The summed E-state index contributed by atoms with van der Waals surface area (Å²) in [4.78, 5) is 13.1. The molecule has 1 rings (SSSR count). The lowest BCUT2D eigenvalue weighted by Crippen LogP contribution is -2.30. The second-order valence-electron chi connectivity index (χ2n) is 3.16. The minimum atomic E-state index is -3.92. The summed E-state index contributed by atoms with van der Waals surface area (Å²) in [5, 5.41) is 0. The van der Waals surface area contributed by atoms with E-state index in [1.165, 1.54) is 4.90 Å². The number of hydrogen-bond acceptors (Lipinski definition) is 4. The molecular formula is C9H11BrClNO4S. The molecule has 0 aliphatic heterocycles. The smallest absolute Gasteiger partial charge is 0.289 e. The van der Waals surface area contributed by atoms with Gasteiger partial charge in [-0.05, 0) is 29.8 Å². The second kappa shape index (κ2) is 5.41. The Labute approximate surface area is 112 Å². The molecule has 1 heterocycles. The van der Waals surface area contributed by atoms with E-state index in [-0.39, 0.29) is 21.2 Å². The molecule has 0 aliphatic rings. The van der Waals surface area contributed by atoms with Gasteiger partial charge in [0.15, 0.2) is 10.4 Å². The average Bonchev–Trinajstić information content (AvgIpc) is 2.61. The molecule has 0 fully saturated rings. The summed E-state index contributed by atoms with van der Waals surface area (Å²) >= 11 is 2.91. The van der Waals surface area contributed by atoms with E-state index in [2.05, 4.69) is 15.9 Å². The first kappa shape index (κ1) is 14.5. The van der Waals surface area contributed by atoms with Gasteiger partial charge in [-0.3, -0.25) is 4.79 Å². The van der Waals surface area contributed by atoms with Crippen LogP contribution in [0.15, 0.2) is 20.0 Å². The third-order valence-corrected chi connectivity index (χ3v) is 4.36. The first-order valence-electron chi connectivity index (χ1n) is 4.84. The van der Waals surface area contributed by atoms with E-state index in [4.69, 9.17) is 15.1 Å². The van der Waals surface area contributed by atoms with Gasteiger partial charge in [0.05, 0.1) is 0 Å². The Morgan fingerprint density at radius 2 is 2.00 bits per heavy atom. The summed E-state index contributed by atoms with van der Waals surface area (Å²) in [6, 6.07) is 1.12. The molecule has 1 amide bonds. The van der Waals surface area contributed by atoms with Crippen molar-refractivity contribution in [3.8, 4) is 0 Å². The van der Waals surface area contributed by atoms with Crippen molar-refractivity contribution in [2.75, 3.05) is 13.1 Å². The predicted molar refractivity (Wildman–Crippen MR) is 66.7 cm³/mol. The molecular weight excluding hydrogens is 334 g/mol. The highest BCUT2D eigenvalue weighted by atomic mass is 79.9. The van der Waals surface area contributed by atoms with Crippen molar-refractivity contribution in [1.29, 1.82) is 0 Å². The van der Waals surface area contributed by atoms with Crippen LogP contribution in [0.4, 0.5) is 0 Å². The van der Waals surface area contributed by atoms with Crippen LogP contribution in [-0.4, -0.2) is 32.3 Å². The average molecular weight is 345 g/mol. The first-order chi connectivity index (χ1) is 7.81. The molecule has 0 atom stereocenters. The number of carbonyl (C=O) groups excluding carboxylic acids is 1. The fourth-order valence-corrected chi connectivity index (χ4v) is 3.32. The lowest BCUT2D eigenvalue weighted by molar-refractivity contribution is 0.0739. The zero-order valence-electron chi connectivity index (χ0n) is 9.24. The van der Waals surface area contributed by atoms with Gasteiger partial charge in [-0.25, -0.2) is 8.42 Å². The first-order valence-corrected chi connectivity index (χ1v) is 7.94. The number of furan rings is 1. The van der Waals surface area contributed by atoms with Crippen molar-refractivity contribution in [2.45, 2.75) is 18.7 Å². The van der Waals surface area contributed by atoms with E-state index in [1.807, 2.05) is 13.8 Å². The van der Waals surface area contributed by atoms with Gasteiger partial charge in [0, 0.05) is 29.8 Å². The number of carbonyl (C=O) groups is 1. The molecule has 96 valence electrons. The molecule has 0 spiro atoms. The van der Waals surface area contributed by atoms with Crippen LogP contribution in [-0.2, 0) is 9.05 Å². The third kappa shape index (κ3) is 3.23. The minimum Gasteiger partial charge on any atom is -0.443 e. The maximum atomic E-state index is 11.9. The predicted octanol–water partition coefficient (Wildman–Crippen LogP) is 2.45. The maximum Gasteiger partial charge on any atom is 0.289 e. The molecule has 0 radical (unpaired) electrons. The molecule has 0 aliphatic carbocycles. The summed E-state index contributed by atoms with van der Waals surface area (Å²) in [5.41, 5.74) is 0. The number of hydrogen-bond donors (Lipinski definition) is 0. The molecule has 0 saturated heterocycles. The van der Waals surface area contributed by atoms with E-state index >= 15 is 0 Å². The Hall–Kier alpha value is -0.530. The zero-order chi connectivity index (χ0) is 13.2. The quantitative estimate of drug-likeness (QED) is 0.787. The van der Waals surface area contributed by atoms with E-state index in [1.54, 1.807) is 0 Å². The summed E-state index contributed by atoms with van der Waals surface area (Å²) < 4.78 is 27.3. The van der Waals surface area contributed by atoms with E-state index in [0.717, 1.165) is 6.07 Å². The van der Waals surface area contributed by atoms with Crippen molar-refractivity contribution < 1.29 is 17.6 Å². The maximum absolute atomic E-state index is 11.9. The monoisotopic (exact) mass is 343 g/mol. The summed E-state index contributed by atoms with van der Waals surface area (Å²) in [6.45, 7) is 4.66. The molecule has 1 aromatic heterocycles. The molecule has 0 aromatic carbocycles. The van der Waals surface area contributed by atoms with Crippen LogP contribution in [0.5, 0.6) is 0 Å². The van der Waals surface area contributed by atoms with Crippen molar-refractivity contribution in [3.63, 3.8) is 0 Å². The van der Waals surface area contributed by atoms with Crippen LogP contribution in [0.1, 0.15) is 24.4 Å². The highest BCUT2D eigenvalue weighted by Crippen LogP contribution is 2.29. The standard InChI is InChI=1S/C9H11BrClNO4S/c1-3-12(4-2)9(13)6-5-7(8(10)16-6)17(11,14)15/h5H,3-4H2,1-2H3. The molecule has 5 nitrogen and oxygen atoms in total. The highest BCUT2D eigenvalue weighted by molar-refractivity contribution is 9.10. The van der Waals surface area contributed by atoms with Crippen LogP contribution in [0.3, 0.4) is 0 Å². The normalized spacial score (nSPS) is 11.5. The SMILES string of the molecule is CCN(CC)C(=O)c1cc(S(=O)(=O)Cl)c(Br)o1. The van der Waals surface area contributed by atoms with E-state index < -0.39 is 9.05 Å². The van der Waals surface area contributed by atoms with Crippen molar-refractivity contribution in [3.05, 3.63) is 16.5 Å².